The van der Waals surface area contributed by atoms with Gasteiger partial charge in [0.15, 0.2) is 0 Å². The maximum Gasteiger partial charge on any atom is 0.0401 e. The molecule has 0 radical (unpaired) electrons. The minimum atomic E-state index is 0.255. The lowest BCUT2D eigenvalue weighted by molar-refractivity contribution is 0.346. The molecule has 1 aromatic rings. The number of hydrogen-bond donors (Lipinski definition) is 1. The van der Waals surface area contributed by atoms with Crippen molar-refractivity contribution < 1.29 is 0 Å². The van der Waals surface area contributed by atoms with Crippen LogP contribution in [-0.2, 0) is 0 Å². The Morgan fingerprint density at radius 3 is 2.63 bits per heavy atom. The van der Waals surface area contributed by atoms with Gasteiger partial charge in [0.05, 0.1) is 0 Å². The van der Waals surface area contributed by atoms with Gasteiger partial charge in [0.25, 0.3) is 0 Å². The highest BCUT2D eigenvalue weighted by atomic mass is 15.1. The van der Waals surface area contributed by atoms with Crippen LogP contribution in [0.4, 0.5) is 5.69 Å². The molecule has 1 fully saturated rings. The van der Waals surface area contributed by atoms with Crippen LogP contribution in [0.3, 0.4) is 0 Å². The predicted octanol–water partition coefficient (Wildman–Crippen LogP) is 3.78. The van der Waals surface area contributed by atoms with E-state index in [-0.39, 0.29) is 5.54 Å². The molecule has 1 heterocycles. The summed E-state index contributed by atoms with van der Waals surface area (Å²) < 4.78 is 0. The lowest BCUT2D eigenvalue weighted by Gasteiger charge is -2.36. The van der Waals surface area contributed by atoms with Crippen molar-refractivity contribution in [2.24, 2.45) is 0 Å². The second-order valence-corrected chi connectivity index (χ2v) is 6.61. The summed E-state index contributed by atoms with van der Waals surface area (Å²) in [6.07, 6.45) is 2.41. The molecule has 1 saturated heterocycles. The summed E-state index contributed by atoms with van der Waals surface area (Å²) in [5.41, 5.74) is 3.18. The maximum absolute atomic E-state index is 3.64. The fourth-order valence-electron chi connectivity index (χ4n) is 2.82. The van der Waals surface area contributed by atoms with E-state index in [1.54, 1.807) is 0 Å². The molecule has 2 heteroatoms. The molecular formula is C17H28N2. The molecule has 0 saturated carbocycles. The third-order valence-corrected chi connectivity index (χ3v) is 4.11. The van der Waals surface area contributed by atoms with Crippen LogP contribution < -0.4 is 10.2 Å². The minimum Gasteiger partial charge on any atom is -0.371 e. The maximum atomic E-state index is 3.64. The van der Waals surface area contributed by atoms with E-state index >= 15 is 0 Å². The molecule has 0 amide bonds. The fourth-order valence-corrected chi connectivity index (χ4v) is 2.82. The third kappa shape index (κ3) is 3.73. The quantitative estimate of drug-likeness (QED) is 0.870. The van der Waals surface area contributed by atoms with Gasteiger partial charge in [-0.2, -0.15) is 0 Å². The molecule has 0 aromatic heterocycles. The van der Waals surface area contributed by atoms with Crippen molar-refractivity contribution in [3.63, 3.8) is 0 Å². The fraction of sp³-hybridized carbons (Fsp3) is 0.647. The van der Waals surface area contributed by atoms with Crippen LogP contribution >= 0.6 is 0 Å². The second-order valence-electron chi connectivity index (χ2n) is 6.61. The zero-order valence-corrected chi connectivity index (χ0v) is 12.9. The number of nitrogens with zero attached hydrogens (tertiary/aromatic N) is 1. The van der Waals surface area contributed by atoms with Crippen molar-refractivity contribution in [2.45, 2.75) is 52.0 Å². The van der Waals surface area contributed by atoms with Crippen LogP contribution in [0.2, 0.25) is 0 Å². The molecule has 0 atom stereocenters. The lowest BCUT2D eigenvalue weighted by Crippen LogP contribution is -2.46. The molecule has 2 rings (SSSR count). The van der Waals surface area contributed by atoms with E-state index in [1.165, 1.54) is 24.1 Å². The molecule has 0 bridgehead atoms. The van der Waals surface area contributed by atoms with Crippen LogP contribution in [0.15, 0.2) is 24.3 Å². The summed E-state index contributed by atoms with van der Waals surface area (Å²) in [4.78, 5) is 2.58. The molecule has 0 unspecified atom stereocenters. The Hall–Kier alpha value is -1.02. The highest BCUT2D eigenvalue weighted by Crippen LogP contribution is 2.28. The zero-order chi connectivity index (χ0) is 13.9. The van der Waals surface area contributed by atoms with Gasteiger partial charge in [-0.05, 0) is 50.8 Å². The van der Waals surface area contributed by atoms with Gasteiger partial charge >= 0.3 is 0 Å². The third-order valence-electron chi connectivity index (χ3n) is 4.11. The van der Waals surface area contributed by atoms with E-state index in [4.69, 9.17) is 0 Å². The van der Waals surface area contributed by atoms with Crippen LogP contribution in [0.1, 0.15) is 52.0 Å². The van der Waals surface area contributed by atoms with Gasteiger partial charge in [0.2, 0.25) is 0 Å². The summed E-state index contributed by atoms with van der Waals surface area (Å²) in [6, 6.07) is 8.90. The topological polar surface area (TPSA) is 15.3 Å². The van der Waals surface area contributed by atoms with Crippen LogP contribution in [0.5, 0.6) is 0 Å². The Bertz CT molecular complexity index is 409. The van der Waals surface area contributed by atoms with Crippen LogP contribution in [0, 0.1) is 0 Å². The Morgan fingerprint density at radius 1 is 1.16 bits per heavy atom. The van der Waals surface area contributed by atoms with Crippen molar-refractivity contribution in [2.75, 3.05) is 24.5 Å². The average Bonchev–Trinajstić information content (AvgIpc) is 2.35. The SMILES string of the molecule is CC(C)c1ccccc1N1CCCNC(C)(C)CC1. The van der Waals surface area contributed by atoms with E-state index in [2.05, 4.69) is 62.2 Å². The van der Waals surface area contributed by atoms with Gasteiger partial charge in [0, 0.05) is 24.3 Å². The first-order chi connectivity index (χ1) is 8.99. The Morgan fingerprint density at radius 2 is 1.89 bits per heavy atom. The minimum absolute atomic E-state index is 0.255. The van der Waals surface area contributed by atoms with Gasteiger partial charge in [-0.1, -0.05) is 32.0 Å². The molecular weight excluding hydrogens is 232 g/mol. The smallest absolute Gasteiger partial charge is 0.0401 e. The van der Waals surface area contributed by atoms with Crippen LogP contribution in [0.25, 0.3) is 0 Å². The molecule has 1 aromatic carbocycles. The Balaban J connectivity index is 2.20. The van der Waals surface area contributed by atoms with Gasteiger partial charge in [-0.3, -0.25) is 0 Å². The normalized spacial score (nSPS) is 20.2. The van der Waals surface area contributed by atoms with E-state index < -0.39 is 0 Å². The molecule has 1 aliphatic heterocycles. The number of anilines is 1. The molecule has 1 aliphatic rings. The van der Waals surface area contributed by atoms with Gasteiger partial charge in [0.1, 0.15) is 0 Å². The Labute approximate surface area is 118 Å². The molecule has 2 nitrogen and oxygen atoms in total. The van der Waals surface area contributed by atoms with Crippen LogP contribution in [-0.4, -0.2) is 25.2 Å². The van der Waals surface area contributed by atoms with E-state index in [0.29, 0.717) is 5.92 Å². The number of rotatable bonds is 2. The summed E-state index contributed by atoms with van der Waals surface area (Å²) in [5, 5.41) is 3.64. The lowest BCUT2D eigenvalue weighted by atomic mass is 9.96. The summed E-state index contributed by atoms with van der Waals surface area (Å²) >= 11 is 0. The van der Waals surface area contributed by atoms with E-state index in [1.807, 2.05) is 0 Å². The van der Waals surface area contributed by atoms with Crippen molar-refractivity contribution in [1.29, 1.82) is 0 Å². The summed E-state index contributed by atoms with van der Waals surface area (Å²) in [6.45, 7) is 12.6. The zero-order valence-electron chi connectivity index (χ0n) is 12.9. The second kappa shape index (κ2) is 5.96. The first-order valence-corrected chi connectivity index (χ1v) is 7.58. The standard InChI is InChI=1S/C17H28N2/c1-14(2)15-8-5-6-9-16(15)19-12-7-11-18-17(3,4)10-13-19/h5-6,8-9,14,18H,7,10-13H2,1-4H3. The van der Waals surface area contributed by atoms with Gasteiger partial charge < -0.3 is 10.2 Å². The van der Waals surface area contributed by atoms with Gasteiger partial charge in [-0.25, -0.2) is 0 Å². The number of nitrogens with one attached hydrogen (secondary N) is 1. The van der Waals surface area contributed by atoms with Crippen molar-refractivity contribution in [3.8, 4) is 0 Å². The molecule has 0 spiro atoms. The monoisotopic (exact) mass is 260 g/mol. The Kier molecular flexibility index (Phi) is 4.51. The number of benzene rings is 1. The average molecular weight is 260 g/mol. The van der Waals surface area contributed by atoms with Gasteiger partial charge in [-0.15, -0.1) is 0 Å². The molecule has 0 aliphatic carbocycles. The summed E-state index contributed by atoms with van der Waals surface area (Å²) in [5.74, 6) is 0.591. The predicted molar refractivity (Wildman–Crippen MR) is 84.1 cm³/mol. The van der Waals surface area contributed by atoms with Crippen molar-refractivity contribution >= 4 is 5.69 Å². The highest BCUT2D eigenvalue weighted by molar-refractivity contribution is 5.55. The molecule has 1 N–H and O–H groups in total. The largest absolute Gasteiger partial charge is 0.371 e. The van der Waals surface area contributed by atoms with E-state index in [9.17, 15) is 0 Å². The van der Waals surface area contributed by atoms with Crippen molar-refractivity contribution in [1.82, 2.24) is 5.32 Å². The number of hydrogen-bond acceptors (Lipinski definition) is 2. The first-order valence-electron chi connectivity index (χ1n) is 7.58. The van der Waals surface area contributed by atoms with E-state index in [0.717, 1.165) is 19.6 Å². The highest BCUT2D eigenvalue weighted by Gasteiger charge is 2.22. The number of para-hydroxylation sites is 1. The van der Waals surface area contributed by atoms with Crippen molar-refractivity contribution in [3.05, 3.63) is 29.8 Å². The first kappa shape index (κ1) is 14.4. The molecule has 106 valence electrons. The summed E-state index contributed by atoms with van der Waals surface area (Å²) in [7, 11) is 0. The molecule has 19 heavy (non-hydrogen) atoms.